The highest BCUT2D eigenvalue weighted by Gasteiger charge is 2.32. The average molecular weight is 277 g/mol. The van der Waals surface area contributed by atoms with E-state index in [1.807, 2.05) is 0 Å². The summed E-state index contributed by atoms with van der Waals surface area (Å²) in [7, 11) is 1.42. The fourth-order valence-corrected chi connectivity index (χ4v) is 1.85. The fourth-order valence-electron chi connectivity index (χ4n) is 1.85. The lowest BCUT2D eigenvalue weighted by Gasteiger charge is -2.37. The number of hydrogen-bond acceptors (Lipinski definition) is 6. The number of para-hydroxylation sites is 1. The Balaban J connectivity index is 2.39. The predicted molar refractivity (Wildman–Crippen MR) is 74.3 cm³/mol. The van der Waals surface area contributed by atoms with Crippen molar-refractivity contribution in [1.82, 2.24) is 5.01 Å². The van der Waals surface area contributed by atoms with Crippen LogP contribution in [0.1, 0.15) is 6.92 Å². The standard InChI is InChI=1S/C12H15N5O3/c1-8-14-11(20-2)15-10(13)16(8)17(12(18)19)9-6-4-3-5-7-9/h3-8H,1-2H3,(H,18,19)(H2,13,14,15). The molecule has 0 spiro atoms. The molecule has 0 saturated carbocycles. The predicted octanol–water partition coefficient (Wildman–Crippen LogP) is 1.06. The van der Waals surface area contributed by atoms with E-state index in [0.29, 0.717) is 5.69 Å². The molecule has 3 N–H and O–H groups in total. The smallest absolute Gasteiger partial charge is 0.431 e. The van der Waals surface area contributed by atoms with E-state index >= 15 is 0 Å². The van der Waals surface area contributed by atoms with Crippen LogP contribution in [-0.2, 0) is 4.74 Å². The number of anilines is 1. The number of amidine groups is 1. The molecule has 8 nitrogen and oxygen atoms in total. The van der Waals surface area contributed by atoms with Crippen molar-refractivity contribution in [1.29, 1.82) is 0 Å². The van der Waals surface area contributed by atoms with E-state index < -0.39 is 12.3 Å². The van der Waals surface area contributed by atoms with Crippen LogP contribution in [-0.4, -0.2) is 41.5 Å². The van der Waals surface area contributed by atoms with Gasteiger partial charge in [0.1, 0.15) is 6.17 Å². The first-order chi connectivity index (χ1) is 9.54. The quantitative estimate of drug-likeness (QED) is 0.841. The number of amides is 1. The molecule has 0 radical (unpaired) electrons. The lowest BCUT2D eigenvalue weighted by molar-refractivity contribution is 0.178. The van der Waals surface area contributed by atoms with Crippen molar-refractivity contribution in [3.05, 3.63) is 30.3 Å². The molecular formula is C12H15N5O3. The highest BCUT2D eigenvalue weighted by Crippen LogP contribution is 2.20. The van der Waals surface area contributed by atoms with E-state index in [0.717, 1.165) is 5.01 Å². The number of ether oxygens (including phenoxy) is 1. The normalized spacial score (nSPS) is 18.1. The van der Waals surface area contributed by atoms with Gasteiger partial charge in [0.05, 0.1) is 12.8 Å². The Kier molecular flexibility index (Phi) is 3.74. The Hall–Kier alpha value is -2.77. The summed E-state index contributed by atoms with van der Waals surface area (Å²) in [5, 5.41) is 11.7. The molecule has 1 aromatic rings. The van der Waals surface area contributed by atoms with Gasteiger partial charge >= 0.3 is 12.1 Å². The van der Waals surface area contributed by atoms with Gasteiger partial charge in [0, 0.05) is 0 Å². The van der Waals surface area contributed by atoms with Gasteiger partial charge < -0.3 is 15.6 Å². The molecule has 1 aliphatic heterocycles. The van der Waals surface area contributed by atoms with Gasteiger partial charge in [-0.1, -0.05) is 18.2 Å². The first kappa shape index (κ1) is 13.7. The number of carbonyl (C=O) groups is 1. The molecule has 0 saturated heterocycles. The van der Waals surface area contributed by atoms with E-state index in [-0.39, 0.29) is 12.0 Å². The van der Waals surface area contributed by atoms with Crippen LogP contribution in [0.4, 0.5) is 10.5 Å². The van der Waals surface area contributed by atoms with Gasteiger partial charge in [-0.25, -0.2) is 14.8 Å². The Bertz CT molecular complexity index is 557. The maximum atomic E-state index is 11.5. The summed E-state index contributed by atoms with van der Waals surface area (Å²) in [6.45, 7) is 1.69. The molecule has 1 amide bonds. The van der Waals surface area contributed by atoms with Crippen LogP contribution in [0.15, 0.2) is 40.3 Å². The summed E-state index contributed by atoms with van der Waals surface area (Å²) in [4.78, 5) is 19.5. The molecule has 1 atom stereocenters. The lowest BCUT2D eigenvalue weighted by atomic mass is 10.3. The van der Waals surface area contributed by atoms with Crippen LogP contribution in [0.3, 0.4) is 0 Å². The Morgan fingerprint density at radius 1 is 1.45 bits per heavy atom. The van der Waals surface area contributed by atoms with Crippen LogP contribution in [0, 0.1) is 0 Å². The minimum absolute atomic E-state index is 0.00407. The van der Waals surface area contributed by atoms with E-state index in [1.165, 1.54) is 12.1 Å². The zero-order chi connectivity index (χ0) is 14.7. The molecule has 106 valence electrons. The van der Waals surface area contributed by atoms with E-state index in [9.17, 15) is 9.90 Å². The minimum atomic E-state index is -1.18. The molecule has 20 heavy (non-hydrogen) atoms. The fraction of sp³-hybridized carbons (Fsp3) is 0.250. The number of methoxy groups -OCH3 is 1. The van der Waals surface area contributed by atoms with Gasteiger partial charge in [-0.3, -0.25) is 0 Å². The maximum Gasteiger partial charge on any atom is 0.431 e. The monoisotopic (exact) mass is 277 g/mol. The van der Waals surface area contributed by atoms with Gasteiger partial charge in [0.15, 0.2) is 0 Å². The van der Waals surface area contributed by atoms with Gasteiger partial charge in [-0.2, -0.15) is 10.0 Å². The zero-order valence-electron chi connectivity index (χ0n) is 11.1. The molecule has 8 heteroatoms. The summed E-state index contributed by atoms with van der Waals surface area (Å²) in [5.41, 5.74) is 6.27. The molecule has 0 fully saturated rings. The molecule has 0 aromatic heterocycles. The largest absolute Gasteiger partial charge is 0.467 e. The van der Waals surface area contributed by atoms with Gasteiger partial charge in [0.25, 0.3) is 0 Å². The van der Waals surface area contributed by atoms with Crippen LogP contribution in [0.25, 0.3) is 0 Å². The summed E-state index contributed by atoms with van der Waals surface area (Å²) in [5.74, 6) is -0.00407. The van der Waals surface area contributed by atoms with Crippen molar-refractivity contribution < 1.29 is 14.6 Å². The highest BCUT2D eigenvalue weighted by molar-refractivity contribution is 5.98. The van der Waals surface area contributed by atoms with E-state index in [1.54, 1.807) is 37.3 Å². The summed E-state index contributed by atoms with van der Waals surface area (Å²) in [6.07, 6.45) is -1.74. The number of aliphatic imine (C=N–C) groups is 2. The molecule has 1 aromatic carbocycles. The van der Waals surface area contributed by atoms with Crippen molar-refractivity contribution in [2.75, 3.05) is 12.1 Å². The van der Waals surface area contributed by atoms with Gasteiger partial charge in [-0.05, 0) is 19.1 Å². The van der Waals surface area contributed by atoms with Crippen molar-refractivity contribution in [2.24, 2.45) is 15.7 Å². The lowest BCUT2D eigenvalue weighted by Crippen LogP contribution is -2.57. The maximum absolute atomic E-state index is 11.5. The third kappa shape index (κ3) is 2.48. The van der Waals surface area contributed by atoms with Crippen molar-refractivity contribution in [2.45, 2.75) is 13.1 Å². The second-order valence-electron chi connectivity index (χ2n) is 3.99. The van der Waals surface area contributed by atoms with E-state index in [2.05, 4.69) is 9.98 Å². The first-order valence-corrected chi connectivity index (χ1v) is 5.87. The van der Waals surface area contributed by atoms with Crippen LogP contribution < -0.4 is 10.7 Å². The number of benzene rings is 1. The summed E-state index contributed by atoms with van der Waals surface area (Å²) < 4.78 is 4.92. The van der Waals surface area contributed by atoms with Gasteiger partial charge in [0.2, 0.25) is 5.96 Å². The van der Waals surface area contributed by atoms with Crippen molar-refractivity contribution >= 4 is 23.8 Å². The second-order valence-corrected chi connectivity index (χ2v) is 3.99. The van der Waals surface area contributed by atoms with Crippen LogP contribution in [0.5, 0.6) is 0 Å². The Morgan fingerprint density at radius 2 is 2.10 bits per heavy atom. The first-order valence-electron chi connectivity index (χ1n) is 5.87. The van der Waals surface area contributed by atoms with Gasteiger partial charge in [-0.15, -0.1) is 0 Å². The average Bonchev–Trinajstić information content (AvgIpc) is 2.43. The third-order valence-corrected chi connectivity index (χ3v) is 2.68. The van der Waals surface area contributed by atoms with E-state index in [4.69, 9.17) is 10.5 Å². The molecule has 0 bridgehead atoms. The number of hydrazine groups is 1. The Morgan fingerprint density at radius 3 is 2.60 bits per heavy atom. The minimum Gasteiger partial charge on any atom is -0.467 e. The summed E-state index contributed by atoms with van der Waals surface area (Å²) >= 11 is 0. The number of carboxylic acid groups (broad SMARTS) is 1. The molecule has 0 aliphatic carbocycles. The third-order valence-electron chi connectivity index (χ3n) is 2.68. The van der Waals surface area contributed by atoms with Crippen molar-refractivity contribution in [3.8, 4) is 0 Å². The zero-order valence-corrected chi connectivity index (χ0v) is 11.1. The molecule has 1 unspecified atom stereocenters. The number of hydrogen-bond donors (Lipinski definition) is 2. The molecule has 2 rings (SSSR count). The topological polar surface area (TPSA) is 104 Å². The number of nitrogens with two attached hydrogens (primary N) is 1. The molecular weight excluding hydrogens is 262 g/mol. The number of nitrogens with zero attached hydrogens (tertiary/aromatic N) is 4. The summed E-state index contributed by atoms with van der Waals surface area (Å²) in [6, 6.07) is 8.69. The Labute approximate surface area is 115 Å². The number of rotatable bonds is 2. The SMILES string of the molecule is COC1=NC(C)N(N(C(=O)O)c2ccccc2)C(N)=N1. The van der Waals surface area contributed by atoms with Crippen molar-refractivity contribution in [3.63, 3.8) is 0 Å². The highest BCUT2D eigenvalue weighted by atomic mass is 16.5. The second kappa shape index (κ2) is 5.47. The van der Waals surface area contributed by atoms with Crippen LogP contribution in [0.2, 0.25) is 0 Å². The molecule has 1 heterocycles. The molecule has 1 aliphatic rings. The van der Waals surface area contributed by atoms with Crippen LogP contribution >= 0.6 is 0 Å². The number of guanidine groups is 1.